The normalized spacial score (nSPS) is 10.5. The van der Waals surface area contributed by atoms with Crippen LogP contribution in [-0.2, 0) is 0 Å². The summed E-state index contributed by atoms with van der Waals surface area (Å²) in [6.45, 7) is 5.17. The minimum atomic E-state index is 0.731. The highest BCUT2D eigenvalue weighted by atomic mass is 15.0. The maximum Gasteiger partial charge on any atom is 0.163 e. The van der Waals surface area contributed by atoms with Crippen molar-refractivity contribution in [1.82, 2.24) is 15.0 Å². The van der Waals surface area contributed by atoms with E-state index in [4.69, 9.17) is 0 Å². The van der Waals surface area contributed by atoms with Gasteiger partial charge in [-0.15, -0.1) is 0 Å². The molecule has 0 aliphatic heterocycles. The second-order valence-corrected chi connectivity index (χ2v) is 4.95. The molecule has 4 nitrogen and oxygen atoms in total. The molecule has 0 saturated heterocycles. The molecule has 0 atom stereocenters. The lowest BCUT2D eigenvalue weighted by atomic mass is 10.2. The van der Waals surface area contributed by atoms with Crippen LogP contribution in [0.3, 0.4) is 0 Å². The highest BCUT2D eigenvalue weighted by Crippen LogP contribution is 2.16. The number of aromatic nitrogens is 3. The molecule has 0 spiro atoms. The number of hydrogen-bond donors (Lipinski definition) is 1. The molecule has 0 amide bonds. The van der Waals surface area contributed by atoms with Gasteiger partial charge in [-0.3, -0.25) is 4.98 Å². The Morgan fingerprint density at radius 3 is 2.80 bits per heavy atom. The van der Waals surface area contributed by atoms with Gasteiger partial charge in [0.2, 0.25) is 0 Å². The van der Waals surface area contributed by atoms with E-state index in [2.05, 4.69) is 27.2 Å². The Morgan fingerprint density at radius 2 is 2.05 bits per heavy atom. The minimum Gasteiger partial charge on any atom is -0.370 e. The van der Waals surface area contributed by atoms with Gasteiger partial charge in [-0.05, 0) is 25.5 Å². The van der Waals surface area contributed by atoms with Crippen LogP contribution in [0.25, 0.3) is 11.4 Å². The van der Waals surface area contributed by atoms with Gasteiger partial charge in [0.05, 0.1) is 0 Å². The standard InChI is InChI=1S/C16H22N4/c1-3-4-5-6-10-18-15-11-13(2)19-16(20-15)14-8-7-9-17-12-14/h7-9,11-12H,3-6,10H2,1-2H3,(H,18,19,20). The second kappa shape index (κ2) is 7.58. The summed E-state index contributed by atoms with van der Waals surface area (Å²) in [5.74, 6) is 1.63. The monoisotopic (exact) mass is 270 g/mol. The lowest BCUT2D eigenvalue weighted by Crippen LogP contribution is -2.05. The van der Waals surface area contributed by atoms with Gasteiger partial charge in [0.15, 0.2) is 5.82 Å². The summed E-state index contributed by atoms with van der Waals surface area (Å²) in [6.07, 6.45) is 8.55. The topological polar surface area (TPSA) is 50.7 Å². The van der Waals surface area contributed by atoms with E-state index in [1.165, 1.54) is 25.7 Å². The summed E-state index contributed by atoms with van der Waals surface area (Å²) in [6, 6.07) is 5.87. The van der Waals surface area contributed by atoms with Crippen molar-refractivity contribution in [2.75, 3.05) is 11.9 Å². The summed E-state index contributed by atoms with van der Waals surface area (Å²) in [5.41, 5.74) is 1.92. The molecule has 0 bridgehead atoms. The second-order valence-electron chi connectivity index (χ2n) is 4.95. The van der Waals surface area contributed by atoms with Gasteiger partial charge in [0.25, 0.3) is 0 Å². The van der Waals surface area contributed by atoms with Gasteiger partial charge in [-0.2, -0.15) is 0 Å². The molecule has 2 aromatic heterocycles. The SMILES string of the molecule is CCCCCCNc1cc(C)nc(-c2cccnc2)n1. The zero-order valence-corrected chi connectivity index (χ0v) is 12.3. The number of nitrogens with one attached hydrogen (secondary N) is 1. The van der Waals surface area contributed by atoms with Crippen LogP contribution in [0.2, 0.25) is 0 Å². The Morgan fingerprint density at radius 1 is 1.15 bits per heavy atom. The van der Waals surface area contributed by atoms with E-state index >= 15 is 0 Å². The highest BCUT2D eigenvalue weighted by molar-refractivity contribution is 5.56. The van der Waals surface area contributed by atoms with E-state index in [1.54, 1.807) is 12.4 Å². The summed E-state index contributed by atoms with van der Waals surface area (Å²) >= 11 is 0. The molecule has 0 radical (unpaired) electrons. The van der Waals surface area contributed by atoms with Crippen molar-refractivity contribution in [3.05, 3.63) is 36.3 Å². The van der Waals surface area contributed by atoms with Gasteiger partial charge < -0.3 is 5.32 Å². The number of hydrogen-bond acceptors (Lipinski definition) is 4. The maximum absolute atomic E-state index is 4.56. The Kier molecular flexibility index (Phi) is 5.47. The van der Waals surface area contributed by atoms with Crippen LogP contribution in [-0.4, -0.2) is 21.5 Å². The molecule has 2 aromatic rings. The molecule has 2 heterocycles. The Balaban J connectivity index is 2.02. The first-order valence-corrected chi connectivity index (χ1v) is 7.29. The van der Waals surface area contributed by atoms with Crippen molar-refractivity contribution in [2.45, 2.75) is 39.5 Å². The Hall–Kier alpha value is -1.97. The molecule has 20 heavy (non-hydrogen) atoms. The number of anilines is 1. The first-order valence-electron chi connectivity index (χ1n) is 7.29. The van der Waals surface area contributed by atoms with Crippen LogP contribution in [0.5, 0.6) is 0 Å². The van der Waals surface area contributed by atoms with E-state index in [0.717, 1.165) is 29.4 Å². The third-order valence-corrected chi connectivity index (χ3v) is 3.11. The molecule has 0 aromatic carbocycles. The van der Waals surface area contributed by atoms with Gasteiger partial charge in [-0.25, -0.2) is 9.97 Å². The number of rotatable bonds is 7. The van der Waals surface area contributed by atoms with Crippen molar-refractivity contribution in [3.8, 4) is 11.4 Å². The predicted octanol–water partition coefficient (Wildman–Crippen LogP) is 3.84. The highest BCUT2D eigenvalue weighted by Gasteiger charge is 2.04. The quantitative estimate of drug-likeness (QED) is 0.777. The van der Waals surface area contributed by atoms with Gasteiger partial charge in [0, 0.05) is 36.3 Å². The van der Waals surface area contributed by atoms with E-state index in [-0.39, 0.29) is 0 Å². The van der Waals surface area contributed by atoms with Crippen molar-refractivity contribution in [2.24, 2.45) is 0 Å². The Bertz CT molecular complexity index is 525. The van der Waals surface area contributed by atoms with Crippen LogP contribution in [0.15, 0.2) is 30.6 Å². The third-order valence-electron chi connectivity index (χ3n) is 3.11. The van der Waals surface area contributed by atoms with E-state index < -0.39 is 0 Å². The van der Waals surface area contributed by atoms with Gasteiger partial charge in [-0.1, -0.05) is 26.2 Å². The Labute approximate surface area is 120 Å². The zero-order valence-electron chi connectivity index (χ0n) is 12.3. The maximum atomic E-state index is 4.56. The van der Waals surface area contributed by atoms with Crippen LogP contribution in [0.1, 0.15) is 38.3 Å². The summed E-state index contributed by atoms with van der Waals surface area (Å²) in [5, 5.41) is 3.38. The first-order chi connectivity index (χ1) is 9.79. The molecule has 2 rings (SSSR count). The molecule has 0 aliphatic carbocycles. The van der Waals surface area contributed by atoms with E-state index in [9.17, 15) is 0 Å². The summed E-state index contributed by atoms with van der Waals surface area (Å²) < 4.78 is 0. The zero-order chi connectivity index (χ0) is 14.2. The fraction of sp³-hybridized carbons (Fsp3) is 0.438. The molecule has 0 unspecified atom stereocenters. The van der Waals surface area contributed by atoms with Crippen LogP contribution >= 0.6 is 0 Å². The summed E-state index contributed by atoms with van der Waals surface area (Å²) in [7, 11) is 0. The fourth-order valence-corrected chi connectivity index (χ4v) is 2.05. The molecule has 0 saturated carbocycles. The molecular weight excluding hydrogens is 248 g/mol. The largest absolute Gasteiger partial charge is 0.370 e. The van der Waals surface area contributed by atoms with Crippen LogP contribution in [0.4, 0.5) is 5.82 Å². The van der Waals surface area contributed by atoms with Crippen molar-refractivity contribution in [3.63, 3.8) is 0 Å². The molecule has 106 valence electrons. The van der Waals surface area contributed by atoms with Gasteiger partial charge >= 0.3 is 0 Å². The fourth-order valence-electron chi connectivity index (χ4n) is 2.05. The van der Waals surface area contributed by atoms with Crippen molar-refractivity contribution >= 4 is 5.82 Å². The van der Waals surface area contributed by atoms with E-state index in [0.29, 0.717) is 0 Å². The number of nitrogens with zero attached hydrogens (tertiary/aromatic N) is 3. The average Bonchev–Trinajstić information content (AvgIpc) is 2.47. The van der Waals surface area contributed by atoms with Crippen LogP contribution < -0.4 is 5.32 Å². The number of unbranched alkanes of at least 4 members (excludes halogenated alkanes) is 3. The van der Waals surface area contributed by atoms with Crippen LogP contribution in [0, 0.1) is 6.92 Å². The molecule has 1 N–H and O–H groups in total. The molecule has 0 aliphatic rings. The lowest BCUT2D eigenvalue weighted by Gasteiger charge is -2.08. The van der Waals surface area contributed by atoms with Gasteiger partial charge in [0.1, 0.15) is 5.82 Å². The third kappa shape index (κ3) is 4.30. The molecule has 4 heteroatoms. The van der Waals surface area contributed by atoms with E-state index in [1.807, 2.05) is 25.1 Å². The molecule has 0 fully saturated rings. The predicted molar refractivity (Wildman–Crippen MR) is 82.6 cm³/mol. The number of aryl methyl sites for hydroxylation is 1. The molecular formula is C16H22N4. The minimum absolute atomic E-state index is 0.731. The summed E-state index contributed by atoms with van der Waals surface area (Å²) in [4.78, 5) is 13.1. The van der Waals surface area contributed by atoms with Crippen molar-refractivity contribution in [1.29, 1.82) is 0 Å². The lowest BCUT2D eigenvalue weighted by molar-refractivity contribution is 0.684. The first kappa shape index (κ1) is 14.4. The number of pyridine rings is 1. The smallest absolute Gasteiger partial charge is 0.163 e. The average molecular weight is 270 g/mol. The van der Waals surface area contributed by atoms with Crippen molar-refractivity contribution < 1.29 is 0 Å².